The Morgan fingerprint density at radius 1 is 0.468 bits per heavy atom. The van der Waals surface area contributed by atoms with E-state index in [4.69, 9.17) is 21.5 Å². The maximum Gasteiger partial charge on any atom is 0.180 e. The smallest absolute Gasteiger partial charge is 0.180 e. The number of rotatable bonds is 4. The highest BCUT2D eigenvalue weighted by Gasteiger charge is 2.45. The van der Waals surface area contributed by atoms with Crippen LogP contribution in [0.2, 0.25) is 0 Å². The van der Waals surface area contributed by atoms with Crippen LogP contribution in [0, 0.1) is 115 Å². The number of hydrogen-bond acceptors (Lipinski definition) is 6. The molecule has 3 aromatic rings. The minimum Gasteiger partial charge on any atom is -0.398 e. The van der Waals surface area contributed by atoms with Crippen molar-refractivity contribution in [3.63, 3.8) is 0 Å². The van der Waals surface area contributed by atoms with Crippen LogP contribution in [0.4, 0.5) is 52.7 Å². The SMILES string of the molecule is CN/C(=C1/C(=C(C#N)c2c(F)c(F)c(C#N)c(F)c2F)/C1=C(\N)c1c(F)c(F)c(C#N)c(F)c1F)c1c(F)c(F)c(C#N)c(F)c1F. The number of allylic oxidation sites excluding steroid dienone is 4. The first-order chi connectivity index (χ1) is 22.1. The van der Waals surface area contributed by atoms with E-state index in [-0.39, 0.29) is 0 Å². The molecule has 3 aromatic carbocycles. The van der Waals surface area contributed by atoms with Gasteiger partial charge in [-0.2, -0.15) is 21.0 Å². The predicted octanol–water partition coefficient (Wildman–Crippen LogP) is 6.26. The maximum absolute atomic E-state index is 15.1. The van der Waals surface area contributed by atoms with Crippen molar-refractivity contribution in [2.75, 3.05) is 7.05 Å². The van der Waals surface area contributed by atoms with Gasteiger partial charge in [0.05, 0.1) is 33.7 Å². The molecule has 1 aliphatic rings. The van der Waals surface area contributed by atoms with Crippen molar-refractivity contribution >= 4 is 17.0 Å². The van der Waals surface area contributed by atoms with Crippen LogP contribution in [-0.2, 0) is 0 Å². The van der Waals surface area contributed by atoms with Gasteiger partial charge in [-0.15, -0.1) is 0 Å². The summed E-state index contributed by atoms with van der Waals surface area (Å²) in [5.41, 5.74) is -13.1. The molecule has 6 nitrogen and oxygen atoms in total. The zero-order valence-electron chi connectivity index (χ0n) is 22.4. The fourth-order valence-corrected chi connectivity index (χ4v) is 4.56. The van der Waals surface area contributed by atoms with E-state index in [1.54, 1.807) is 0 Å². The predicted molar refractivity (Wildman–Crippen MR) is 133 cm³/mol. The summed E-state index contributed by atoms with van der Waals surface area (Å²) < 4.78 is 177. The van der Waals surface area contributed by atoms with Crippen LogP contribution in [0.5, 0.6) is 0 Å². The number of nitriles is 4. The third-order valence-electron chi connectivity index (χ3n) is 6.71. The van der Waals surface area contributed by atoms with Gasteiger partial charge in [0.25, 0.3) is 0 Å². The molecule has 1 fully saturated rings. The van der Waals surface area contributed by atoms with Crippen molar-refractivity contribution in [3.05, 3.63) is 120 Å². The summed E-state index contributed by atoms with van der Waals surface area (Å²) in [7, 11) is 0.759. The molecule has 0 radical (unpaired) electrons. The molecular weight excluding hydrogens is 660 g/mol. The van der Waals surface area contributed by atoms with E-state index >= 15 is 17.6 Å². The van der Waals surface area contributed by atoms with Gasteiger partial charge in [-0.05, 0) is 0 Å². The Morgan fingerprint density at radius 2 is 0.787 bits per heavy atom. The zero-order chi connectivity index (χ0) is 35.4. The van der Waals surface area contributed by atoms with Gasteiger partial charge in [0, 0.05) is 23.8 Å². The molecule has 0 aliphatic heterocycles. The molecule has 47 heavy (non-hydrogen) atoms. The molecule has 4 rings (SSSR count). The van der Waals surface area contributed by atoms with Gasteiger partial charge in [-0.25, -0.2) is 52.7 Å². The summed E-state index contributed by atoms with van der Waals surface area (Å²) >= 11 is 0. The van der Waals surface area contributed by atoms with Gasteiger partial charge in [0.1, 0.15) is 41.0 Å². The second kappa shape index (κ2) is 11.8. The Bertz CT molecular complexity index is 2170. The van der Waals surface area contributed by atoms with Crippen molar-refractivity contribution in [2.24, 2.45) is 5.73 Å². The van der Waals surface area contributed by atoms with Gasteiger partial charge >= 0.3 is 0 Å². The highest BCUT2D eigenvalue weighted by Crippen LogP contribution is 2.56. The van der Waals surface area contributed by atoms with Gasteiger partial charge < -0.3 is 11.1 Å². The first-order valence-electron chi connectivity index (χ1n) is 12.0. The minimum atomic E-state index is -2.43. The van der Waals surface area contributed by atoms with Crippen molar-refractivity contribution < 1.29 is 52.7 Å². The van der Waals surface area contributed by atoms with E-state index < -0.39 is 137 Å². The lowest BCUT2D eigenvalue weighted by Gasteiger charge is -2.12. The summed E-state index contributed by atoms with van der Waals surface area (Å²) in [6, 6.07) is 3.54. The number of halogens is 12. The number of hydrogen-bond donors (Lipinski definition) is 2. The average Bonchev–Trinajstić information content (AvgIpc) is 3.77. The molecule has 1 saturated carbocycles. The lowest BCUT2D eigenvalue weighted by atomic mass is 10.00. The van der Waals surface area contributed by atoms with Gasteiger partial charge in [-0.1, -0.05) is 0 Å². The first kappa shape index (κ1) is 33.5. The molecule has 0 aromatic heterocycles. The molecule has 3 N–H and O–H groups in total. The fourth-order valence-electron chi connectivity index (χ4n) is 4.56. The molecule has 0 saturated heterocycles. The van der Waals surface area contributed by atoms with E-state index in [9.17, 15) is 40.4 Å². The lowest BCUT2D eigenvalue weighted by molar-refractivity contribution is 0.445. The van der Waals surface area contributed by atoms with Gasteiger partial charge in [0.2, 0.25) is 0 Å². The molecule has 0 atom stereocenters. The average molecular weight is 666 g/mol. The van der Waals surface area contributed by atoms with E-state index in [1.807, 2.05) is 5.32 Å². The fraction of sp³-hybridized carbons (Fsp3) is 0.0345. The second-order valence-electron chi connectivity index (χ2n) is 9.00. The molecule has 236 valence electrons. The topological polar surface area (TPSA) is 133 Å². The van der Waals surface area contributed by atoms with Crippen LogP contribution < -0.4 is 11.1 Å². The minimum absolute atomic E-state index is 0.759. The quantitative estimate of drug-likeness (QED) is 0.192. The highest BCUT2D eigenvalue weighted by molar-refractivity contribution is 6.08. The van der Waals surface area contributed by atoms with E-state index in [1.165, 1.54) is 0 Å². The van der Waals surface area contributed by atoms with Crippen LogP contribution in [0.15, 0.2) is 16.7 Å². The normalized spacial score (nSPS) is 15.3. The largest absolute Gasteiger partial charge is 0.398 e. The van der Waals surface area contributed by atoms with E-state index in [0.29, 0.717) is 0 Å². The van der Waals surface area contributed by atoms with Crippen LogP contribution in [0.3, 0.4) is 0 Å². The van der Waals surface area contributed by atoms with Crippen molar-refractivity contribution in [3.8, 4) is 24.3 Å². The molecule has 0 unspecified atom stereocenters. The molecule has 0 amide bonds. The maximum atomic E-state index is 15.1. The number of nitrogens with one attached hydrogen (secondary N) is 1. The summed E-state index contributed by atoms with van der Waals surface area (Å²) in [6.07, 6.45) is 0. The monoisotopic (exact) mass is 666 g/mol. The zero-order valence-corrected chi connectivity index (χ0v) is 22.4. The van der Waals surface area contributed by atoms with E-state index in [2.05, 4.69) is 0 Å². The standard InChI is InChI=1S/C29H6F12N6/c1-47-29(15-26(40)20(34)9(5-45)21(35)27(15)41)13-10(6(2-42)11-22(36)16(30)7(3-43)17(31)23(11)37)12(13)28(46)14-24(38)18(32)8(4-44)19(33)25(14)39/h47H,46H2,1H3/b10-6?,28-12+,29-13-. The Hall–Kier alpha value is -6.40. The molecule has 18 heteroatoms. The molecule has 0 heterocycles. The van der Waals surface area contributed by atoms with Gasteiger partial charge in [0.15, 0.2) is 69.8 Å². The third-order valence-corrected chi connectivity index (χ3v) is 6.71. The molecule has 0 spiro atoms. The Labute approximate surface area is 253 Å². The summed E-state index contributed by atoms with van der Waals surface area (Å²) in [5, 5.41) is 38.4. The molecule has 0 bridgehead atoms. The summed E-state index contributed by atoms with van der Waals surface area (Å²) in [4.78, 5) is 0. The van der Waals surface area contributed by atoms with Crippen molar-refractivity contribution in [2.45, 2.75) is 0 Å². The number of benzene rings is 3. The number of nitrogens with zero attached hydrogens (tertiary/aromatic N) is 4. The first-order valence-corrected chi connectivity index (χ1v) is 12.0. The van der Waals surface area contributed by atoms with Crippen LogP contribution >= 0.6 is 0 Å². The molecule has 1 aliphatic carbocycles. The van der Waals surface area contributed by atoms with Crippen LogP contribution in [0.1, 0.15) is 33.4 Å². The Kier molecular flexibility index (Phi) is 8.44. The van der Waals surface area contributed by atoms with E-state index in [0.717, 1.165) is 31.3 Å². The third kappa shape index (κ3) is 4.66. The number of nitrogens with two attached hydrogens (primary N) is 1. The van der Waals surface area contributed by atoms with Crippen molar-refractivity contribution in [1.82, 2.24) is 5.32 Å². The lowest BCUT2D eigenvalue weighted by Crippen LogP contribution is -2.14. The second-order valence-corrected chi connectivity index (χ2v) is 9.00. The highest BCUT2D eigenvalue weighted by atomic mass is 19.2. The Morgan fingerprint density at radius 3 is 1.09 bits per heavy atom. The molecular formula is C29H6F12N6. The summed E-state index contributed by atoms with van der Waals surface area (Å²) in [6.45, 7) is 0. The Balaban J connectivity index is 2.32. The van der Waals surface area contributed by atoms with Gasteiger partial charge in [-0.3, -0.25) is 0 Å². The van der Waals surface area contributed by atoms with Crippen molar-refractivity contribution in [1.29, 1.82) is 21.0 Å². The van der Waals surface area contributed by atoms with Crippen LogP contribution in [0.25, 0.3) is 17.0 Å². The summed E-state index contributed by atoms with van der Waals surface area (Å²) in [5.74, 6) is -28.3. The van der Waals surface area contributed by atoms with Crippen LogP contribution in [-0.4, -0.2) is 7.05 Å².